The summed E-state index contributed by atoms with van der Waals surface area (Å²) in [6, 6.07) is 5.79. The van der Waals surface area contributed by atoms with Crippen molar-refractivity contribution in [3.63, 3.8) is 0 Å². The first-order valence-electron chi connectivity index (χ1n) is 4.08. The van der Waals surface area contributed by atoms with E-state index in [4.69, 9.17) is 4.74 Å². The molecule has 0 fully saturated rings. The quantitative estimate of drug-likeness (QED) is 0.886. The van der Waals surface area contributed by atoms with Gasteiger partial charge in [-0.1, -0.05) is 28.1 Å². The second kappa shape index (κ2) is 4.74. The van der Waals surface area contributed by atoms with Gasteiger partial charge in [-0.2, -0.15) is 0 Å². The van der Waals surface area contributed by atoms with Crippen LogP contribution in [-0.4, -0.2) is 18.8 Å². The van der Waals surface area contributed by atoms with Crippen LogP contribution in [0.3, 0.4) is 0 Å². The lowest BCUT2D eigenvalue weighted by Gasteiger charge is -2.10. The summed E-state index contributed by atoms with van der Waals surface area (Å²) in [6.07, 6.45) is -0.540. The Morgan fingerprint density at radius 1 is 1.54 bits per heavy atom. The monoisotopic (exact) mass is 244 g/mol. The van der Waals surface area contributed by atoms with Crippen molar-refractivity contribution in [1.29, 1.82) is 0 Å². The molecule has 72 valence electrons. The molecule has 1 rings (SSSR count). The van der Waals surface area contributed by atoms with Gasteiger partial charge in [-0.15, -0.1) is 0 Å². The zero-order valence-electron chi connectivity index (χ0n) is 7.75. The van der Waals surface area contributed by atoms with E-state index >= 15 is 0 Å². The van der Waals surface area contributed by atoms with Gasteiger partial charge in [0.15, 0.2) is 0 Å². The number of halogens is 1. The molecule has 3 heteroatoms. The first-order valence-corrected chi connectivity index (χ1v) is 4.87. The number of methoxy groups -OCH3 is 1. The smallest absolute Gasteiger partial charge is 0.102 e. The highest BCUT2D eigenvalue weighted by molar-refractivity contribution is 9.10. The van der Waals surface area contributed by atoms with Gasteiger partial charge in [0, 0.05) is 11.6 Å². The van der Waals surface area contributed by atoms with Crippen molar-refractivity contribution in [2.24, 2.45) is 0 Å². The molecule has 1 atom stereocenters. The maximum Gasteiger partial charge on any atom is 0.102 e. The molecular weight excluding hydrogens is 232 g/mol. The number of aliphatic hydroxyl groups is 1. The van der Waals surface area contributed by atoms with Gasteiger partial charge in [-0.25, -0.2) is 0 Å². The molecule has 0 saturated heterocycles. The van der Waals surface area contributed by atoms with Gasteiger partial charge >= 0.3 is 0 Å². The number of aliphatic hydroxyl groups excluding tert-OH is 1. The average molecular weight is 245 g/mol. The van der Waals surface area contributed by atoms with E-state index < -0.39 is 6.10 Å². The average Bonchev–Trinajstić information content (AvgIpc) is 2.10. The third kappa shape index (κ3) is 2.79. The second-order valence-corrected chi connectivity index (χ2v) is 3.83. The van der Waals surface area contributed by atoms with E-state index in [9.17, 15) is 5.11 Å². The molecule has 0 heterocycles. The highest BCUT2D eigenvalue weighted by atomic mass is 79.9. The van der Waals surface area contributed by atoms with Crippen LogP contribution in [0.4, 0.5) is 0 Å². The van der Waals surface area contributed by atoms with Gasteiger partial charge < -0.3 is 9.84 Å². The Kier molecular flexibility index (Phi) is 3.90. The van der Waals surface area contributed by atoms with E-state index in [1.807, 2.05) is 25.1 Å². The number of rotatable bonds is 3. The maximum atomic E-state index is 9.59. The minimum absolute atomic E-state index is 0.329. The molecule has 0 aliphatic heterocycles. The summed E-state index contributed by atoms with van der Waals surface area (Å²) in [7, 11) is 1.58. The van der Waals surface area contributed by atoms with Crippen LogP contribution < -0.4 is 0 Å². The fraction of sp³-hybridized carbons (Fsp3) is 0.400. The Balaban J connectivity index is 2.84. The molecule has 0 saturated carbocycles. The molecule has 1 aromatic rings. The molecule has 2 nitrogen and oxygen atoms in total. The van der Waals surface area contributed by atoms with Crippen molar-refractivity contribution >= 4 is 15.9 Å². The van der Waals surface area contributed by atoms with E-state index in [2.05, 4.69) is 15.9 Å². The third-order valence-electron chi connectivity index (χ3n) is 1.91. The lowest BCUT2D eigenvalue weighted by atomic mass is 10.1. The Morgan fingerprint density at radius 2 is 2.23 bits per heavy atom. The van der Waals surface area contributed by atoms with E-state index in [1.165, 1.54) is 0 Å². The van der Waals surface area contributed by atoms with Gasteiger partial charge in [0.05, 0.1) is 6.61 Å². The van der Waals surface area contributed by atoms with Crippen LogP contribution in [0.1, 0.15) is 17.2 Å². The predicted molar refractivity (Wildman–Crippen MR) is 55.7 cm³/mol. The highest BCUT2D eigenvalue weighted by Gasteiger charge is 2.07. The Hall–Kier alpha value is -0.380. The Bertz CT molecular complexity index is 286. The van der Waals surface area contributed by atoms with Crippen molar-refractivity contribution in [2.45, 2.75) is 13.0 Å². The van der Waals surface area contributed by atoms with Crippen molar-refractivity contribution < 1.29 is 9.84 Å². The van der Waals surface area contributed by atoms with E-state index in [-0.39, 0.29) is 0 Å². The molecule has 0 bridgehead atoms. The van der Waals surface area contributed by atoms with Crippen LogP contribution in [0.25, 0.3) is 0 Å². The van der Waals surface area contributed by atoms with Gasteiger partial charge in [0.1, 0.15) is 6.10 Å². The van der Waals surface area contributed by atoms with Crippen molar-refractivity contribution in [3.8, 4) is 0 Å². The van der Waals surface area contributed by atoms with Crippen molar-refractivity contribution in [2.75, 3.05) is 13.7 Å². The normalized spacial score (nSPS) is 12.9. The number of aryl methyl sites for hydroxylation is 1. The van der Waals surface area contributed by atoms with Gasteiger partial charge in [0.25, 0.3) is 0 Å². The van der Waals surface area contributed by atoms with Crippen molar-refractivity contribution in [1.82, 2.24) is 0 Å². The molecule has 0 amide bonds. The fourth-order valence-electron chi connectivity index (χ4n) is 1.07. The first kappa shape index (κ1) is 10.7. The predicted octanol–water partition coefficient (Wildman–Crippen LogP) is 2.44. The zero-order valence-corrected chi connectivity index (χ0v) is 9.34. The molecule has 1 aromatic carbocycles. The summed E-state index contributed by atoms with van der Waals surface area (Å²) in [4.78, 5) is 0. The SMILES string of the molecule is COCC(O)c1ccc(C)c(Br)c1. The number of ether oxygens (including phenoxy) is 1. The summed E-state index contributed by atoms with van der Waals surface area (Å²) in [5.41, 5.74) is 2.03. The van der Waals surface area contributed by atoms with Crippen molar-refractivity contribution in [3.05, 3.63) is 33.8 Å². The summed E-state index contributed by atoms with van der Waals surface area (Å²) < 4.78 is 5.88. The molecule has 13 heavy (non-hydrogen) atoms. The van der Waals surface area contributed by atoms with Gasteiger partial charge in [0.2, 0.25) is 0 Å². The summed E-state index contributed by atoms with van der Waals surface area (Å²) in [5, 5.41) is 9.59. The Morgan fingerprint density at radius 3 is 2.77 bits per heavy atom. The molecule has 1 unspecified atom stereocenters. The van der Waals surface area contributed by atoms with E-state index in [1.54, 1.807) is 7.11 Å². The van der Waals surface area contributed by atoms with E-state index in [0.29, 0.717) is 6.61 Å². The van der Waals surface area contributed by atoms with Crippen LogP contribution in [0.15, 0.2) is 22.7 Å². The second-order valence-electron chi connectivity index (χ2n) is 2.98. The van der Waals surface area contributed by atoms with Crippen LogP contribution in [-0.2, 0) is 4.74 Å². The fourth-order valence-corrected chi connectivity index (χ4v) is 1.47. The molecule has 0 aliphatic carbocycles. The molecule has 0 aromatic heterocycles. The molecule has 1 N–H and O–H groups in total. The minimum atomic E-state index is -0.540. The topological polar surface area (TPSA) is 29.5 Å². The molecule has 0 radical (unpaired) electrons. The largest absolute Gasteiger partial charge is 0.386 e. The molecule has 0 spiro atoms. The van der Waals surface area contributed by atoms with Crippen LogP contribution in [0.5, 0.6) is 0 Å². The Labute approximate surface area is 86.7 Å². The number of hydrogen-bond donors (Lipinski definition) is 1. The first-order chi connectivity index (χ1) is 6.15. The summed E-state index contributed by atoms with van der Waals surface area (Å²) in [6.45, 7) is 2.34. The highest BCUT2D eigenvalue weighted by Crippen LogP contribution is 2.21. The molecular formula is C10H13BrO2. The standard InChI is InChI=1S/C10H13BrO2/c1-7-3-4-8(5-9(7)11)10(12)6-13-2/h3-5,10,12H,6H2,1-2H3. The van der Waals surface area contributed by atoms with Crippen LogP contribution in [0, 0.1) is 6.92 Å². The van der Waals surface area contributed by atoms with Gasteiger partial charge in [-0.05, 0) is 24.1 Å². The zero-order chi connectivity index (χ0) is 9.84. The third-order valence-corrected chi connectivity index (χ3v) is 2.76. The summed E-state index contributed by atoms with van der Waals surface area (Å²) >= 11 is 3.41. The molecule has 0 aliphatic rings. The lowest BCUT2D eigenvalue weighted by molar-refractivity contribution is 0.0643. The number of benzene rings is 1. The minimum Gasteiger partial charge on any atom is -0.386 e. The summed E-state index contributed by atoms with van der Waals surface area (Å²) in [5.74, 6) is 0. The number of hydrogen-bond acceptors (Lipinski definition) is 2. The lowest BCUT2D eigenvalue weighted by Crippen LogP contribution is -2.04. The van der Waals surface area contributed by atoms with Gasteiger partial charge in [-0.3, -0.25) is 0 Å². The maximum absolute atomic E-state index is 9.59. The van der Waals surface area contributed by atoms with E-state index in [0.717, 1.165) is 15.6 Å². The van der Waals surface area contributed by atoms with Crippen LogP contribution >= 0.6 is 15.9 Å². The van der Waals surface area contributed by atoms with Crippen LogP contribution in [0.2, 0.25) is 0 Å².